The van der Waals surface area contributed by atoms with E-state index in [0.29, 0.717) is 37.4 Å². The molecule has 0 saturated carbocycles. The normalized spacial score (nSPS) is 17.1. The molecule has 0 aromatic heterocycles. The number of morpholine rings is 1. The van der Waals surface area contributed by atoms with Crippen molar-refractivity contribution in [3.63, 3.8) is 0 Å². The third-order valence-corrected chi connectivity index (χ3v) is 5.58. The van der Waals surface area contributed by atoms with Crippen molar-refractivity contribution >= 4 is 17.5 Å². The summed E-state index contributed by atoms with van der Waals surface area (Å²) >= 11 is 0. The number of carbonyl (C=O) groups excluding carboxylic acids is 2. The fourth-order valence-corrected chi connectivity index (χ4v) is 3.57. The van der Waals surface area contributed by atoms with E-state index in [4.69, 9.17) is 4.74 Å². The van der Waals surface area contributed by atoms with Crippen LogP contribution in [0, 0.1) is 0 Å². The summed E-state index contributed by atoms with van der Waals surface area (Å²) < 4.78 is 5.39. The van der Waals surface area contributed by atoms with Crippen LogP contribution in [-0.4, -0.2) is 42.5 Å². The molecule has 0 bridgehead atoms. The Bertz CT molecular complexity index is 831. The quantitative estimate of drug-likeness (QED) is 0.797. The molecule has 1 saturated heterocycles. The number of benzene rings is 2. The summed E-state index contributed by atoms with van der Waals surface area (Å²) in [6.45, 7) is 8.05. The van der Waals surface area contributed by atoms with Gasteiger partial charge in [-0.3, -0.25) is 9.59 Å². The number of anilines is 1. The third kappa shape index (κ3) is 5.45. The average Bonchev–Trinajstić information content (AvgIpc) is 2.73. The molecule has 154 valence electrons. The summed E-state index contributed by atoms with van der Waals surface area (Å²) in [6, 6.07) is 17.4. The minimum absolute atomic E-state index is 0.00304. The average molecular weight is 395 g/mol. The zero-order valence-electron chi connectivity index (χ0n) is 17.5. The molecular weight excluding hydrogens is 364 g/mol. The number of carbonyl (C=O) groups is 2. The number of hydrogen-bond acceptors (Lipinski definition) is 3. The van der Waals surface area contributed by atoms with E-state index in [1.165, 1.54) is 5.56 Å². The maximum Gasteiger partial charge on any atom is 0.254 e. The highest BCUT2D eigenvalue weighted by molar-refractivity contribution is 5.96. The minimum atomic E-state index is -0.0657. The fourth-order valence-electron chi connectivity index (χ4n) is 3.57. The minimum Gasteiger partial charge on any atom is -0.377 e. The lowest BCUT2D eigenvalue weighted by Crippen LogP contribution is -2.47. The van der Waals surface area contributed by atoms with E-state index in [9.17, 15) is 9.59 Å². The first-order valence-corrected chi connectivity index (χ1v) is 10.2. The Hall–Kier alpha value is -2.66. The first-order chi connectivity index (χ1) is 13.9. The predicted octanol–water partition coefficient (Wildman–Crippen LogP) is 4.24. The third-order valence-electron chi connectivity index (χ3n) is 5.58. The van der Waals surface area contributed by atoms with Crippen LogP contribution in [0.25, 0.3) is 0 Å². The van der Waals surface area contributed by atoms with Crippen LogP contribution in [0.3, 0.4) is 0 Å². The highest BCUT2D eigenvalue weighted by Crippen LogP contribution is 2.28. The Balaban J connectivity index is 1.54. The zero-order valence-corrected chi connectivity index (χ0v) is 17.5. The molecule has 2 aromatic rings. The molecule has 5 heteroatoms. The standard InChI is InChI=1S/C24H30N2O3/c1-18-17-29-16-15-26(18)23(28)19-9-11-21(12-10-19)25-22(27)13-14-24(2,3)20-7-5-4-6-8-20/h4-12,18H,13-17H2,1-3H3,(H,25,27). The van der Waals surface area contributed by atoms with Crippen molar-refractivity contribution in [2.24, 2.45) is 0 Å². The van der Waals surface area contributed by atoms with E-state index in [-0.39, 0.29) is 23.3 Å². The van der Waals surface area contributed by atoms with Crippen molar-refractivity contribution in [3.05, 3.63) is 65.7 Å². The summed E-state index contributed by atoms with van der Waals surface area (Å²) in [7, 11) is 0. The molecule has 1 unspecified atom stereocenters. The van der Waals surface area contributed by atoms with Crippen molar-refractivity contribution < 1.29 is 14.3 Å². The van der Waals surface area contributed by atoms with Gasteiger partial charge in [0.1, 0.15) is 0 Å². The van der Waals surface area contributed by atoms with Gasteiger partial charge in [-0.15, -0.1) is 0 Å². The predicted molar refractivity (Wildman–Crippen MR) is 115 cm³/mol. The number of nitrogens with one attached hydrogen (secondary N) is 1. The van der Waals surface area contributed by atoms with Crippen LogP contribution in [0.1, 0.15) is 49.5 Å². The molecule has 1 heterocycles. The van der Waals surface area contributed by atoms with Gasteiger partial charge in [-0.25, -0.2) is 0 Å². The number of rotatable bonds is 6. The van der Waals surface area contributed by atoms with Gasteiger partial charge in [-0.1, -0.05) is 44.2 Å². The fraction of sp³-hybridized carbons (Fsp3) is 0.417. The van der Waals surface area contributed by atoms with Gasteiger partial charge in [0.25, 0.3) is 5.91 Å². The molecular formula is C24H30N2O3. The summed E-state index contributed by atoms with van der Waals surface area (Å²) in [6.07, 6.45) is 1.20. The van der Waals surface area contributed by atoms with Gasteiger partial charge in [0.05, 0.1) is 19.3 Å². The SMILES string of the molecule is CC1COCCN1C(=O)c1ccc(NC(=O)CCC(C)(C)c2ccccc2)cc1. The van der Waals surface area contributed by atoms with Crippen molar-refractivity contribution in [3.8, 4) is 0 Å². The Morgan fingerprint density at radius 1 is 1.10 bits per heavy atom. The molecule has 1 N–H and O–H groups in total. The number of ether oxygens (including phenoxy) is 1. The van der Waals surface area contributed by atoms with E-state index in [1.807, 2.05) is 30.0 Å². The topological polar surface area (TPSA) is 58.6 Å². The van der Waals surface area contributed by atoms with E-state index in [1.54, 1.807) is 24.3 Å². The zero-order chi connectivity index (χ0) is 20.9. The first-order valence-electron chi connectivity index (χ1n) is 10.2. The van der Waals surface area contributed by atoms with Crippen LogP contribution in [0.4, 0.5) is 5.69 Å². The summed E-state index contributed by atoms with van der Waals surface area (Å²) in [5, 5.41) is 2.94. The number of nitrogens with zero attached hydrogens (tertiary/aromatic N) is 1. The van der Waals surface area contributed by atoms with Gasteiger partial charge in [-0.05, 0) is 48.6 Å². The molecule has 0 radical (unpaired) electrons. The lowest BCUT2D eigenvalue weighted by atomic mass is 9.80. The molecule has 29 heavy (non-hydrogen) atoms. The Kier molecular flexibility index (Phi) is 6.70. The van der Waals surface area contributed by atoms with Crippen molar-refractivity contribution in [1.82, 2.24) is 4.90 Å². The van der Waals surface area contributed by atoms with Gasteiger partial charge >= 0.3 is 0 Å². The molecule has 3 rings (SSSR count). The lowest BCUT2D eigenvalue weighted by Gasteiger charge is -2.33. The number of amides is 2. The Morgan fingerprint density at radius 2 is 1.79 bits per heavy atom. The van der Waals surface area contributed by atoms with Gasteiger partial charge in [0.15, 0.2) is 0 Å². The maximum absolute atomic E-state index is 12.7. The molecule has 1 aliphatic heterocycles. The van der Waals surface area contributed by atoms with Crippen LogP contribution in [-0.2, 0) is 14.9 Å². The second kappa shape index (κ2) is 9.23. The van der Waals surface area contributed by atoms with Gasteiger partial charge in [0.2, 0.25) is 5.91 Å². The number of hydrogen-bond donors (Lipinski definition) is 1. The molecule has 1 atom stereocenters. The lowest BCUT2D eigenvalue weighted by molar-refractivity contribution is -0.116. The Morgan fingerprint density at radius 3 is 2.45 bits per heavy atom. The monoisotopic (exact) mass is 394 g/mol. The highest BCUT2D eigenvalue weighted by atomic mass is 16.5. The maximum atomic E-state index is 12.7. The van der Waals surface area contributed by atoms with E-state index in [0.717, 1.165) is 6.42 Å². The second-order valence-electron chi connectivity index (χ2n) is 8.30. The van der Waals surface area contributed by atoms with Crippen LogP contribution in [0.5, 0.6) is 0 Å². The van der Waals surface area contributed by atoms with Gasteiger partial charge in [0, 0.05) is 24.2 Å². The molecule has 1 aliphatic rings. The molecule has 2 amide bonds. The van der Waals surface area contributed by atoms with Crippen molar-refractivity contribution in [2.45, 2.75) is 45.1 Å². The molecule has 0 aliphatic carbocycles. The smallest absolute Gasteiger partial charge is 0.254 e. The van der Waals surface area contributed by atoms with E-state index < -0.39 is 0 Å². The second-order valence-corrected chi connectivity index (χ2v) is 8.30. The molecule has 0 spiro atoms. The first kappa shape index (κ1) is 21.1. The van der Waals surface area contributed by atoms with E-state index in [2.05, 4.69) is 31.3 Å². The summed E-state index contributed by atoms with van der Waals surface area (Å²) in [5.74, 6) is -0.0156. The summed E-state index contributed by atoms with van der Waals surface area (Å²) in [5.41, 5.74) is 2.50. The molecule has 1 fully saturated rings. The Labute approximate surface area is 173 Å². The molecule has 5 nitrogen and oxygen atoms in total. The van der Waals surface area contributed by atoms with Crippen LogP contribution >= 0.6 is 0 Å². The van der Waals surface area contributed by atoms with Gasteiger partial charge in [-0.2, -0.15) is 0 Å². The van der Waals surface area contributed by atoms with Gasteiger partial charge < -0.3 is 15.0 Å². The summed E-state index contributed by atoms with van der Waals surface area (Å²) in [4.78, 5) is 26.9. The van der Waals surface area contributed by atoms with Crippen LogP contribution in [0.2, 0.25) is 0 Å². The van der Waals surface area contributed by atoms with Crippen molar-refractivity contribution in [2.75, 3.05) is 25.1 Å². The highest BCUT2D eigenvalue weighted by Gasteiger charge is 2.25. The van der Waals surface area contributed by atoms with E-state index >= 15 is 0 Å². The van der Waals surface area contributed by atoms with Crippen LogP contribution < -0.4 is 5.32 Å². The largest absolute Gasteiger partial charge is 0.377 e. The van der Waals surface area contributed by atoms with Crippen molar-refractivity contribution in [1.29, 1.82) is 0 Å². The molecule has 2 aromatic carbocycles. The van der Waals surface area contributed by atoms with Crippen LogP contribution in [0.15, 0.2) is 54.6 Å².